The van der Waals surface area contributed by atoms with Gasteiger partial charge in [-0.25, -0.2) is 15.0 Å². The second kappa shape index (κ2) is 7.69. The third-order valence-corrected chi connectivity index (χ3v) is 4.81. The van der Waals surface area contributed by atoms with Crippen LogP contribution in [0, 0.1) is 5.92 Å². The minimum absolute atomic E-state index is 0.313. The minimum Gasteiger partial charge on any atom is -0.356 e. The van der Waals surface area contributed by atoms with Crippen LogP contribution in [0.1, 0.15) is 20.8 Å². The fraction of sp³-hybridized carbons (Fsp3) is 0.368. The maximum absolute atomic E-state index is 12.5. The van der Waals surface area contributed by atoms with Crippen LogP contribution in [0.5, 0.6) is 0 Å². The molecule has 0 aliphatic heterocycles. The van der Waals surface area contributed by atoms with Crippen LogP contribution < -0.4 is 10.6 Å². The van der Waals surface area contributed by atoms with Gasteiger partial charge in [0.05, 0.1) is 0 Å². The lowest BCUT2D eigenvalue weighted by molar-refractivity contribution is -0.141. The predicted octanol–water partition coefficient (Wildman–Crippen LogP) is 3.53. The quantitative estimate of drug-likeness (QED) is 0.582. The second-order valence-corrected chi connectivity index (χ2v) is 7.15. The molecule has 29 heavy (non-hydrogen) atoms. The Hall–Kier alpha value is -3.17. The van der Waals surface area contributed by atoms with Crippen LogP contribution in [-0.4, -0.2) is 44.1 Å². The van der Waals surface area contributed by atoms with Crippen molar-refractivity contribution in [1.29, 1.82) is 0 Å². The van der Waals surface area contributed by atoms with Gasteiger partial charge in [-0.15, -0.1) is 0 Å². The Bertz CT molecular complexity index is 1020. The Morgan fingerprint density at radius 2 is 1.97 bits per heavy atom. The second-order valence-electron chi connectivity index (χ2n) is 7.15. The molecule has 0 fully saturated rings. The highest BCUT2D eigenvalue weighted by atomic mass is 19.4. The molecule has 3 heterocycles. The number of pyridine rings is 1. The van der Waals surface area contributed by atoms with Crippen molar-refractivity contribution in [1.82, 2.24) is 25.3 Å². The van der Waals surface area contributed by atoms with Crippen LogP contribution in [-0.2, 0) is 4.79 Å². The molecule has 10 heteroatoms. The number of anilines is 1. The molecule has 0 saturated heterocycles. The summed E-state index contributed by atoms with van der Waals surface area (Å²) in [5.41, 5.74) is 0.103. The molecule has 7 nitrogen and oxygen atoms in total. The van der Waals surface area contributed by atoms with Crippen LogP contribution in [0.25, 0.3) is 22.4 Å². The number of nitrogens with zero attached hydrogens (tertiary/aromatic N) is 3. The van der Waals surface area contributed by atoms with E-state index >= 15 is 0 Å². The van der Waals surface area contributed by atoms with E-state index in [4.69, 9.17) is 0 Å². The van der Waals surface area contributed by atoms with Gasteiger partial charge >= 0.3 is 6.18 Å². The number of fused-ring (bicyclic) bond motifs is 1. The summed E-state index contributed by atoms with van der Waals surface area (Å²) in [6.45, 7) is 3.63. The summed E-state index contributed by atoms with van der Waals surface area (Å²) in [7, 11) is 0. The van der Waals surface area contributed by atoms with Gasteiger partial charge in [0.2, 0.25) is 5.91 Å². The largest absolute Gasteiger partial charge is 0.405 e. The SMILES string of the molecule is CC(C)[C@](C)(Nc1ccnc(-c2c[nH]c3ncccc23)n1)C(=O)NCC(F)(F)F. The highest BCUT2D eigenvalue weighted by Crippen LogP contribution is 2.27. The van der Waals surface area contributed by atoms with Gasteiger partial charge in [-0.1, -0.05) is 13.8 Å². The molecule has 3 rings (SSSR count). The van der Waals surface area contributed by atoms with Crippen molar-refractivity contribution in [3.05, 3.63) is 36.8 Å². The molecule has 0 bridgehead atoms. The first-order valence-corrected chi connectivity index (χ1v) is 8.99. The summed E-state index contributed by atoms with van der Waals surface area (Å²) in [5, 5.41) is 5.77. The molecular formula is C19H21F3N6O. The summed E-state index contributed by atoms with van der Waals surface area (Å²) in [6, 6.07) is 5.23. The third kappa shape index (κ3) is 4.47. The van der Waals surface area contributed by atoms with Crippen molar-refractivity contribution in [2.24, 2.45) is 5.92 Å². The number of H-pyrrole nitrogens is 1. The maximum atomic E-state index is 12.5. The summed E-state index contributed by atoms with van der Waals surface area (Å²) in [6.07, 6.45) is 0.427. The molecule has 154 valence electrons. The van der Waals surface area contributed by atoms with Crippen molar-refractivity contribution in [3.8, 4) is 11.4 Å². The number of aromatic amines is 1. The van der Waals surface area contributed by atoms with Crippen LogP contribution in [0.2, 0.25) is 0 Å². The number of hydrogen-bond acceptors (Lipinski definition) is 5. The number of nitrogens with one attached hydrogen (secondary N) is 3. The first-order valence-electron chi connectivity index (χ1n) is 8.99. The smallest absolute Gasteiger partial charge is 0.356 e. The Labute approximate surface area is 165 Å². The molecule has 0 saturated carbocycles. The van der Waals surface area contributed by atoms with Crippen molar-refractivity contribution in [2.45, 2.75) is 32.5 Å². The maximum Gasteiger partial charge on any atom is 0.405 e. The Balaban J connectivity index is 1.88. The van der Waals surface area contributed by atoms with Gasteiger partial charge in [0, 0.05) is 29.5 Å². The lowest BCUT2D eigenvalue weighted by atomic mass is 9.87. The van der Waals surface area contributed by atoms with E-state index in [2.05, 4.69) is 25.3 Å². The van der Waals surface area contributed by atoms with E-state index < -0.39 is 24.2 Å². The lowest BCUT2D eigenvalue weighted by Crippen LogP contribution is -2.55. The monoisotopic (exact) mass is 406 g/mol. The van der Waals surface area contributed by atoms with E-state index in [0.29, 0.717) is 17.3 Å². The Kier molecular flexibility index (Phi) is 5.45. The van der Waals surface area contributed by atoms with Crippen LogP contribution in [0.4, 0.5) is 19.0 Å². The van der Waals surface area contributed by atoms with E-state index in [9.17, 15) is 18.0 Å². The predicted molar refractivity (Wildman–Crippen MR) is 103 cm³/mol. The normalized spacial score (nSPS) is 14.0. The van der Waals surface area contributed by atoms with Crippen LogP contribution in [0.3, 0.4) is 0 Å². The zero-order valence-corrected chi connectivity index (χ0v) is 16.1. The lowest BCUT2D eigenvalue weighted by Gasteiger charge is -2.34. The van der Waals surface area contributed by atoms with E-state index in [0.717, 1.165) is 10.9 Å². The van der Waals surface area contributed by atoms with E-state index in [1.807, 2.05) is 11.4 Å². The molecule has 3 N–H and O–H groups in total. The molecule has 3 aromatic heterocycles. The molecule has 0 radical (unpaired) electrons. The molecule has 0 aliphatic rings. The van der Waals surface area contributed by atoms with Gasteiger partial charge in [-0.3, -0.25) is 4.79 Å². The fourth-order valence-corrected chi connectivity index (χ4v) is 2.79. The molecule has 3 aromatic rings. The van der Waals surface area contributed by atoms with Gasteiger partial charge in [-0.05, 0) is 31.0 Å². The molecular weight excluding hydrogens is 385 g/mol. The molecule has 0 spiro atoms. The topological polar surface area (TPSA) is 95.6 Å². The van der Waals surface area contributed by atoms with Crippen LogP contribution in [0.15, 0.2) is 36.8 Å². The van der Waals surface area contributed by atoms with Gasteiger partial charge in [0.15, 0.2) is 5.82 Å². The van der Waals surface area contributed by atoms with Gasteiger partial charge in [0.1, 0.15) is 23.5 Å². The van der Waals surface area contributed by atoms with Crippen LogP contribution >= 0.6 is 0 Å². The summed E-state index contributed by atoms with van der Waals surface area (Å²) >= 11 is 0. The first-order chi connectivity index (χ1) is 13.6. The highest BCUT2D eigenvalue weighted by molar-refractivity contribution is 5.92. The number of halogens is 3. The number of hydrogen-bond donors (Lipinski definition) is 3. The summed E-state index contributed by atoms with van der Waals surface area (Å²) in [4.78, 5) is 28.5. The standard InChI is InChI=1S/C19H21F3N6O/c1-11(2)18(3,17(29)26-10-19(20,21)22)28-14-6-8-24-16(27-14)13-9-25-15-12(13)5-4-7-23-15/h4-9,11H,10H2,1-3H3,(H,23,25)(H,26,29)(H,24,27,28)/t18-/m0/s1. The van der Waals surface area contributed by atoms with E-state index in [1.165, 1.54) is 6.20 Å². The van der Waals surface area contributed by atoms with Crippen molar-refractivity contribution < 1.29 is 18.0 Å². The van der Waals surface area contributed by atoms with Gasteiger partial charge < -0.3 is 15.6 Å². The minimum atomic E-state index is -4.49. The number of alkyl halides is 3. The summed E-state index contributed by atoms with van der Waals surface area (Å²) < 4.78 is 37.5. The zero-order valence-electron chi connectivity index (χ0n) is 16.1. The average molecular weight is 406 g/mol. The van der Waals surface area contributed by atoms with Crippen molar-refractivity contribution >= 4 is 22.8 Å². The Morgan fingerprint density at radius 1 is 1.21 bits per heavy atom. The number of aromatic nitrogens is 4. The number of amides is 1. The number of rotatable bonds is 6. The number of carbonyl (C=O) groups excluding carboxylic acids is 1. The first kappa shape index (κ1) is 20.6. The zero-order chi connectivity index (χ0) is 21.2. The van der Waals surface area contributed by atoms with Gasteiger partial charge in [0.25, 0.3) is 0 Å². The van der Waals surface area contributed by atoms with Gasteiger partial charge in [-0.2, -0.15) is 13.2 Å². The van der Waals surface area contributed by atoms with E-state index in [1.54, 1.807) is 45.3 Å². The molecule has 1 amide bonds. The molecule has 1 atom stereocenters. The Morgan fingerprint density at radius 3 is 2.66 bits per heavy atom. The molecule has 0 aromatic carbocycles. The average Bonchev–Trinajstić information content (AvgIpc) is 3.09. The molecule has 0 aliphatic carbocycles. The molecule has 0 unspecified atom stereocenters. The third-order valence-electron chi connectivity index (χ3n) is 4.81. The number of carbonyl (C=O) groups is 1. The summed E-state index contributed by atoms with van der Waals surface area (Å²) in [5.74, 6) is -0.352. The van der Waals surface area contributed by atoms with Crippen molar-refractivity contribution in [3.63, 3.8) is 0 Å². The fourth-order valence-electron chi connectivity index (χ4n) is 2.79. The van der Waals surface area contributed by atoms with E-state index in [-0.39, 0.29) is 5.92 Å². The highest BCUT2D eigenvalue weighted by Gasteiger charge is 2.39. The van der Waals surface area contributed by atoms with Crippen molar-refractivity contribution in [2.75, 3.05) is 11.9 Å².